The molecule has 2 heteroatoms. The second-order valence-corrected chi connectivity index (χ2v) is 12.5. The van der Waals surface area contributed by atoms with Crippen molar-refractivity contribution >= 4 is 43.8 Å². The number of allylic oxidation sites excluding steroid dienone is 2. The third kappa shape index (κ3) is 4.52. The van der Waals surface area contributed by atoms with Crippen molar-refractivity contribution in [1.82, 2.24) is 0 Å². The van der Waals surface area contributed by atoms with Crippen molar-refractivity contribution < 1.29 is 0 Å². The molecule has 0 spiro atoms. The maximum absolute atomic E-state index is 5.03. The number of benzene rings is 7. The van der Waals surface area contributed by atoms with Crippen molar-refractivity contribution in [2.75, 3.05) is 4.90 Å². The van der Waals surface area contributed by atoms with Crippen LogP contribution >= 0.6 is 0 Å². The van der Waals surface area contributed by atoms with Crippen LogP contribution in [0.5, 0.6) is 0 Å². The molecule has 1 aliphatic heterocycles. The van der Waals surface area contributed by atoms with E-state index in [2.05, 4.69) is 176 Å². The molecule has 0 N–H and O–H groups in total. The molecule has 1 aliphatic carbocycles. The average molecular weight is 603 g/mol. The van der Waals surface area contributed by atoms with E-state index in [0.717, 1.165) is 12.3 Å². The topological polar surface area (TPSA) is 15.6 Å². The third-order valence-electron chi connectivity index (χ3n) is 9.91. The van der Waals surface area contributed by atoms with Crippen molar-refractivity contribution in [2.24, 2.45) is 4.99 Å². The molecule has 0 fully saturated rings. The molecule has 2 aliphatic rings. The Balaban J connectivity index is 1.16. The van der Waals surface area contributed by atoms with Crippen LogP contribution in [-0.2, 0) is 0 Å². The van der Waals surface area contributed by atoms with Crippen LogP contribution in [0.2, 0.25) is 0 Å². The number of hydrogen-bond donors (Lipinski definition) is 0. The van der Waals surface area contributed by atoms with Crippen molar-refractivity contribution in [2.45, 2.75) is 25.4 Å². The largest absolute Gasteiger partial charge is 0.321 e. The molecular weight excluding hydrogens is 569 g/mol. The maximum Gasteiger partial charge on any atom is 0.104 e. The molecule has 47 heavy (non-hydrogen) atoms. The second-order valence-electron chi connectivity index (χ2n) is 12.5. The molecule has 224 valence electrons. The van der Waals surface area contributed by atoms with E-state index in [0.29, 0.717) is 0 Å². The summed E-state index contributed by atoms with van der Waals surface area (Å²) in [5.41, 5.74) is 8.71. The van der Waals surface area contributed by atoms with E-state index in [9.17, 15) is 0 Å². The lowest BCUT2D eigenvalue weighted by Gasteiger charge is -2.29. The first-order chi connectivity index (χ1) is 23.3. The minimum atomic E-state index is 0.191. The van der Waals surface area contributed by atoms with Crippen molar-refractivity contribution in [1.29, 1.82) is 0 Å². The third-order valence-corrected chi connectivity index (χ3v) is 9.91. The van der Waals surface area contributed by atoms with Crippen LogP contribution in [0.25, 0.3) is 65.7 Å². The number of anilines is 1. The minimum Gasteiger partial charge on any atom is -0.321 e. The number of aliphatic imine (C=N–C) groups is 1. The van der Waals surface area contributed by atoms with E-state index in [1.807, 2.05) is 0 Å². The molecule has 1 heterocycles. The summed E-state index contributed by atoms with van der Waals surface area (Å²) in [5, 5.41) is 7.62. The smallest absolute Gasteiger partial charge is 0.104 e. The number of nitrogens with zero attached hydrogens (tertiary/aromatic N) is 2. The summed E-state index contributed by atoms with van der Waals surface area (Å²) in [6.45, 7) is 2.20. The van der Waals surface area contributed by atoms with Crippen LogP contribution in [0.3, 0.4) is 0 Å². The molecule has 0 saturated heterocycles. The summed E-state index contributed by atoms with van der Waals surface area (Å²) in [6.07, 6.45) is 9.67. The van der Waals surface area contributed by atoms with Gasteiger partial charge in [0.05, 0.1) is 12.1 Å². The summed E-state index contributed by atoms with van der Waals surface area (Å²) in [7, 11) is 0. The molecule has 7 aromatic carbocycles. The highest BCUT2D eigenvalue weighted by Crippen LogP contribution is 2.44. The van der Waals surface area contributed by atoms with Crippen LogP contribution in [0.15, 0.2) is 169 Å². The molecule has 2 nitrogen and oxygen atoms in total. The minimum absolute atomic E-state index is 0.191. The summed E-state index contributed by atoms with van der Waals surface area (Å²) in [5.74, 6) is 1.15. The summed E-state index contributed by atoms with van der Waals surface area (Å²) in [4.78, 5) is 7.44. The van der Waals surface area contributed by atoms with Gasteiger partial charge < -0.3 is 4.90 Å². The SMILES string of the molecule is CCC1=NC2C=CC=CC2N1c1ccc(-c2c3ccccc3c(-c3ccc(-c4cccc5ccccc45)cc3)c3ccccc23)cc1. The Bertz CT molecular complexity index is 2330. The van der Waals surface area contributed by atoms with Gasteiger partial charge in [-0.2, -0.15) is 0 Å². The Labute approximate surface area is 275 Å². The lowest BCUT2D eigenvalue weighted by atomic mass is 9.85. The van der Waals surface area contributed by atoms with Crippen LogP contribution in [0.1, 0.15) is 13.3 Å². The van der Waals surface area contributed by atoms with Gasteiger partial charge in [0, 0.05) is 12.1 Å². The Morgan fingerprint density at radius 2 is 1.02 bits per heavy atom. The molecule has 0 saturated carbocycles. The van der Waals surface area contributed by atoms with Gasteiger partial charge >= 0.3 is 0 Å². The monoisotopic (exact) mass is 602 g/mol. The number of hydrogen-bond acceptors (Lipinski definition) is 2. The van der Waals surface area contributed by atoms with E-state index in [1.165, 1.54) is 71.4 Å². The van der Waals surface area contributed by atoms with Gasteiger partial charge in [-0.1, -0.05) is 159 Å². The van der Waals surface area contributed by atoms with Crippen LogP contribution < -0.4 is 4.90 Å². The van der Waals surface area contributed by atoms with Gasteiger partial charge in [0.25, 0.3) is 0 Å². The number of rotatable bonds is 5. The van der Waals surface area contributed by atoms with Crippen LogP contribution in [0, 0.1) is 0 Å². The lowest BCUT2D eigenvalue weighted by Crippen LogP contribution is -2.38. The molecule has 0 bridgehead atoms. The molecule has 9 rings (SSSR count). The van der Waals surface area contributed by atoms with Gasteiger partial charge in [0.2, 0.25) is 0 Å². The molecular formula is C45H34N2. The first kappa shape index (κ1) is 27.6. The van der Waals surface area contributed by atoms with Crippen molar-refractivity contribution in [3.05, 3.63) is 164 Å². The summed E-state index contributed by atoms with van der Waals surface area (Å²) in [6, 6.07) is 51.7. The Kier molecular flexibility index (Phi) is 6.60. The first-order valence-electron chi connectivity index (χ1n) is 16.6. The maximum atomic E-state index is 5.03. The number of amidine groups is 1. The van der Waals surface area contributed by atoms with Gasteiger partial charge in [0.15, 0.2) is 0 Å². The zero-order chi connectivity index (χ0) is 31.3. The standard InChI is InChI=1S/C45H34N2/c1-2-43-46-41-20-9-10-21-42(41)47(43)34-28-26-33(27-29-34)45-39-17-7-5-15-37(39)44(38-16-6-8-18-40(38)45)32-24-22-31(23-25-32)36-19-11-13-30-12-3-4-14-35(30)36/h3-29,41-42H,2H2,1H3. The van der Waals surface area contributed by atoms with E-state index >= 15 is 0 Å². The highest BCUT2D eigenvalue weighted by Gasteiger charge is 2.34. The van der Waals surface area contributed by atoms with E-state index in [4.69, 9.17) is 4.99 Å². The second kappa shape index (κ2) is 11.3. The van der Waals surface area contributed by atoms with Gasteiger partial charge in [-0.25, -0.2) is 0 Å². The first-order valence-corrected chi connectivity index (χ1v) is 16.6. The summed E-state index contributed by atoms with van der Waals surface area (Å²) >= 11 is 0. The quantitative estimate of drug-likeness (QED) is 0.179. The highest BCUT2D eigenvalue weighted by atomic mass is 15.3. The Morgan fingerprint density at radius 1 is 0.511 bits per heavy atom. The van der Waals surface area contributed by atoms with E-state index in [-0.39, 0.29) is 12.1 Å². The molecule has 2 unspecified atom stereocenters. The average Bonchev–Trinajstić information content (AvgIpc) is 3.53. The number of fused-ring (bicyclic) bond motifs is 4. The molecule has 0 aromatic heterocycles. The van der Waals surface area contributed by atoms with Gasteiger partial charge in [-0.05, 0) is 77.8 Å². The van der Waals surface area contributed by atoms with E-state index in [1.54, 1.807) is 0 Å². The predicted molar refractivity (Wildman–Crippen MR) is 201 cm³/mol. The Hall–Kier alpha value is -5.73. The van der Waals surface area contributed by atoms with E-state index < -0.39 is 0 Å². The highest BCUT2D eigenvalue weighted by molar-refractivity contribution is 6.21. The van der Waals surface area contributed by atoms with Crippen LogP contribution in [-0.4, -0.2) is 17.9 Å². The zero-order valence-corrected chi connectivity index (χ0v) is 26.3. The molecule has 7 aromatic rings. The van der Waals surface area contributed by atoms with Gasteiger partial charge in [-0.15, -0.1) is 0 Å². The van der Waals surface area contributed by atoms with Crippen molar-refractivity contribution in [3.63, 3.8) is 0 Å². The normalized spacial score (nSPS) is 17.0. The fraction of sp³-hybridized carbons (Fsp3) is 0.0889. The summed E-state index contributed by atoms with van der Waals surface area (Å²) < 4.78 is 0. The Morgan fingerprint density at radius 3 is 1.64 bits per heavy atom. The van der Waals surface area contributed by atoms with Gasteiger partial charge in [-0.3, -0.25) is 4.99 Å². The fourth-order valence-electron chi connectivity index (χ4n) is 7.76. The predicted octanol–water partition coefficient (Wildman–Crippen LogP) is 11.6. The molecule has 2 atom stereocenters. The fourth-order valence-corrected chi connectivity index (χ4v) is 7.76. The van der Waals surface area contributed by atoms with Crippen molar-refractivity contribution in [3.8, 4) is 33.4 Å². The van der Waals surface area contributed by atoms with Crippen LogP contribution in [0.4, 0.5) is 5.69 Å². The molecule has 0 amide bonds. The molecule has 0 radical (unpaired) electrons. The zero-order valence-electron chi connectivity index (χ0n) is 26.3. The lowest BCUT2D eigenvalue weighted by molar-refractivity contribution is 0.739. The van der Waals surface area contributed by atoms with Gasteiger partial charge in [0.1, 0.15) is 5.84 Å².